The number of nitrogens with zero attached hydrogens (tertiary/aromatic N) is 1. The van der Waals surface area contributed by atoms with Gasteiger partial charge < -0.3 is 20.5 Å². The van der Waals surface area contributed by atoms with Crippen LogP contribution in [0.1, 0.15) is 35.3 Å². The summed E-state index contributed by atoms with van der Waals surface area (Å²) < 4.78 is 1.92. The number of carbonyl (C=O) groups excluding carboxylic acids is 1. The minimum absolute atomic E-state index is 0. The lowest BCUT2D eigenvalue weighted by Crippen LogP contribution is -2.24. The first-order chi connectivity index (χ1) is 13.0. The van der Waals surface area contributed by atoms with E-state index >= 15 is 0 Å². The van der Waals surface area contributed by atoms with Crippen LogP contribution in [-0.4, -0.2) is 27.5 Å². The molecule has 0 saturated heterocycles. The maximum absolute atomic E-state index is 12.6. The molecule has 7 heteroatoms. The zero-order valence-electron chi connectivity index (χ0n) is 15.2. The zero-order valence-corrected chi connectivity index (χ0v) is 15.2. The summed E-state index contributed by atoms with van der Waals surface area (Å²) in [7, 11) is 0. The fourth-order valence-electron chi connectivity index (χ4n) is 3.85. The van der Waals surface area contributed by atoms with Crippen molar-refractivity contribution in [2.45, 2.75) is 25.8 Å². The topological polar surface area (TPSA) is 120 Å². The highest BCUT2D eigenvalue weighted by molar-refractivity contribution is 5.96. The Bertz CT molecular complexity index is 1130. The summed E-state index contributed by atoms with van der Waals surface area (Å²) in [5.74, 6) is -1.20. The highest BCUT2D eigenvalue weighted by Gasteiger charge is 2.24. The predicted octanol–water partition coefficient (Wildman–Crippen LogP) is 2.62. The lowest BCUT2D eigenvalue weighted by atomic mass is 9.89. The van der Waals surface area contributed by atoms with E-state index in [0.717, 1.165) is 35.0 Å². The molecular weight excluding hydrogens is 360 g/mol. The number of hydrogen-bond acceptors (Lipinski definition) is 3. The number of hydrogen-bond donors (Lipinski definition) is 2. The molecule has 0 aliphatic carbocycles. The van der Waals surface area contributed by atoms with Gasteiger partial charge >= 0.3 is 5.97 Å². The first kappa shape index (κ1) is 19.3. The van der Waals surface area contributed by atoms with Gasteiger partial charge in [-0.15, -0.1) is 0 Å². The average molecular weight is 380 g/mol. The Balaban J connectivity index is 0.00000225. The van der Waals surface area contributed by atoms with Crippen LogP contribution in [0.25, 0.3) is 22.0 Å². The Labute approximate surface area is 160 Å². The smallest absolute Gasteiger partial charge is 0.341 e. The molecule has 0 bridgehead atoms. The molecule has 0 radical (unpaired) electrons. The summed E-state index contributed by atoms with van der Waals surface area (Å²) in [4.78, 5) is 34.7. The molecule has 1 aliphatic heterocycles. The zero-order chi connectivity index (χ0) is 19.1. The van der Waals surface area contributed by atoms with Gasteiger partial charge in [-0.25, -0.2) is 4.79 Å². The first-order valence-corrected chi connectivity index (χ1v) is 8.76. The number of aryl methyl sites for hydroxylation is 1. The standard InChI is InChI=1S/C21H18N2O4.H2O/c1-12-2-7-16-15(13-3-5-14(6-4-13)22-11-24)8-9-17-19(16)23(12)10-18(20(17)25)21(26)27;/h3-6,8-12H,2,7H2,1H3,(H,22,24)(H,26,27);1H2. The predicted molar refractivity (Wildman–Crippen MR) is 107 cm³/mol. The van der Waals surface area contributed by atoms with Gasteiger partial charge in [-0.05, 0) is 54.7 Å². The third kappa shape index (κ3) is 2.95. The number of carboxylic acid groups (broad SMARTS) is 1. The number of anilines is 1. The fraction of sp³-hybridized carbons (Fsp3) is 0.190. The molecule has 4 N–H and O–H groups in total. The van der Waals surface area contributed by atoms with E-state index in [2.05, 4.69) is 5.32 Å². The molecule has 28 heavy (non-hydrogen) atoms. The third-order valence-corrected chi connectivity index (χ3v) is 5.24. The first-order valence-electron chi connectivity index (χ1n) is 8.76. The van der Waals surface area contributed by atoms with E-state index in [4.69, 9.17) is 0 Å². The summed E-state index contributed by atoms with van der Waals surface area (Å²) in [5.41, 5.74) is 3.94. The maximum atomic E-state index is 12.6. The molecule has 1 amide bonds. The largest absolute Gasteiger partial charge is 0.477 e. The van der Waals surface area contributed by atoms with E-state index in [1.165, 1.54) is 6.20 Å². The summed E-state index contributed by atoms with van der Waals surface area (Å²) in [5, 5.41) is 12.4. The normalized spacial score (nSPS) is 15.0. The van der Waals surface area contributed by atoms with Crippen LogP contribution in [0.3, 0.4) is 0 Å². The lowest BCUT2D eigenvalue weighted by Gasteiger charge is -2.28. The number of benzene rings is 2. The quantitative estimate of drug-likeness (QED) is 0.676. The van der Waals surface area contributed by atoms with E-state index in [1.54, 1.807) is 6.07 Å². The molecule has 1 aromatic heterocycles. The second kappa shape index (κ2) is 7.28. The molecule has 2 heterocycles. The Kier molecular flexibility index (Phi) is 5.02. The SMILES string of the molecule is CC1CCc2c(-c3ccc(NC=O)cc3)ccc3c(=O)c(C(=O)O)cn1c23.O. The Morgan fingerprint density at radius 2 is 1.93 bits per heavy atom. The van der Waals surface area contributed by atoms with Gasteiger partial charge in [0, 0.05) is 23.3 Å². The van der Waals surface area contributed by atoms with Crippen molar-refractivity contribution in [3.05, 3.63) is 63.9 Å². The van der Waals surface area contributed by atoms with Crippen molar-refractivity contribution < 1.29 is 20.2 Å². The number of nitrogens with one attached hydrogen (secondary N) is 1. The van der Waals surface area contributed by atoms with Gasteiger partial charge in [-0.2, -0.15) is 0 Å². The van der Waals surface area contributed by atoms with E-state index in [1.807, 2.05) is 41.8 Å². The number of carboxylic acids is 1. The van der Waals surface area contributed by atoms with Crippen molar-refractivity contribution in [2.24, 2.45) is 0 Å². The van der Waals surface area contributed by atoms with Crippen LogP contribution in [0.2, 0.25) is 0 Å². The number of amides is 1. The van der Waals surface area contributed by atoms with Crippen LogP contribution in [0.4, 0.5) is 5.69 Å². The van der Waals surface area contributed by atoms with Gasteiger partial charge in [0.15, 0.2) is 0 Å². The molecule has 3 aromatic rings. The van der Waals surface area contributed by atoms with E-state index in [-0.39, 0.29) is 17.1 Å². The minimum Gasteiger partial charge on any atom is -0.477 e. The molecule has 0 fully saturated rings. The molecule has 2 aromatic carbocycles. The maximum Gasteiger partial charge on any atom is 0.341 e. The van der Waals surface area contributed by atoms with Crippen molar-refractivity contribution in [3.8, 4) is 11.1 Å². The molecule has 0 saturated carbocycles. The van der Waals surface area contributed by atoms with Crippen molar-refractivity contribution in [1.29, 1.82) is 0 Å². The van der Waals surface area contributed by atoms with E-state index < -0.39 is 11.4 Å². The van der Waals surface area contributed by atoms with Gasteiger partial charge in [-0.1, -0.05) is 18.2 Å². The number of aromatic nitrogens is 1. The average Bonchev–Trinajstić information content (AvgIpc) is 2.66. The second-order valence-corrected chi connectivity index (χ2v) is 6.80. The second-order valence-electron chi connectivity index (χ2n) is 6.80. The number of pyridine rings is 1. The summed E-state index contributed by atoms with van der Waals surface area (Å²) in [6.07, 6.45) is 3.79. The van der Waals surface area contributed by atoms with Gasteiger partial charge in [0.25, 0.3) is 0 Å². The molecule has 4 rings (SSSR count). The van der Waals surface area contributed by atoms with Crippen LogP contribution < -0.4 is 10.7 Å². The highest BCUT2D eigenvalue weighted by Crippen LogP contribution is 2.36. The van der Waals surface area contributed by atoms with Crippen LogP contribution in [0.15, 0.2) is 47.4 Å². The molecule has 1 atom stereocenters. The number of aromatic carboxylic acids is 1. The molecule has 1 unspecified atom stereocenters. The number of rotatable bonds is 4. The van der Waals surface area contributed by atoms with E-state index in [0.29, 0.717) is 17.5 Å². The molecule has 7 nitrogen and oxygen atoms in total. The van der Waals surface area contributed by atoms with Crippen molar-refractivity contribution >= 4 is 29.0 Å². The third-order valence-electron chi connectivity index (χ3n) is 5.24. The van der Waals surface area contributed by atoms with Crippen molar-refractivity contribution in [3.63, 3.8) is 0 Å². The summed E-state index contributed by atoms with van der Waals surface area (Å²) in [6.45, 7) is 2.03. The fourth-order valence-corrected chi connectivity index (χ4v) is 3.85. The minimum atomic E-state index is -1.20. The van der Waals surface area contributed by atoms with Gasteiger partial charge in [0.1, 0.15) is 5.56 Å². The molecule has 144 valence electrons. The monoisotopic (exact) mass is 380 g/mol. The van der Waals surface area contributed by atoms with Crippen molar-refractivity contribution in [2.75, 3.05) is 5.32 Å². The molecule has 1 aliphatic rings. The molecule has 0 spiro atoms. The van der Waals surface area contributed by atoms with Gasteiger partial charge in [-0.3, -0.25) is 9.59 Å². The van der Waals surface area contributed by atoms with Crippen LogP contribution in [0, 0.1) is 0 Å². The van der Waals surface area contributed by atoms with Crippen LogP contribution in [0.5, 0.6) is 0 Å². The van der Waals surface area contributed by atoms with Crippen LogP contribution in [-0.2, 0) is 11.2 Å². The van der Waals surface area contributed by atoms with Gasteiger partial charge in [0.2, 0.25) is 11.8 Å². The summed E-state index contributed by atoms with van der Waals surface area (Å²) >= 11 is 0. The summed E-state index contributed by atoms with van der Waals surface area (Å²) in [6, 6.07) is 11.2. The molecular formula is C21H20N2O5. The van der Waals surface area contributed by atoms with E-state index in [9.17, 15) is 19.5 Å². The number of carbonyl (C=O) groups is 2. The lowest BCUT2D eigenvalue weighted by molar-refractivity contribution is -0.105. The van der Waals surface area contributed by atoms with Crippen LogP contribution >= 0.6 is 0 Å². The highest BCUT2D eigenvalue weighted by atomic mass is 16.4. The Morgan fingerprint density at radius 3 is 2.57 bits per heavy atom. The Hall–Kier alpha value is -3.45. The Morgan fingerprint density at radius 1 is 1.21 bits per heavy atom. The van der Waals surface area contributed by atoms with Gasteiger partial charge in [0.05, 0.1) is 5.52 Å². The van der Waals surface area contributed by atoms with Crippen molar-refractivity contribution in [1.82, 2.24) is 4.57 Å².